The van der Waals surface area contributed by atoms with Crippen LogP contribution < -0.4 is 0 Å². The normalized spacial score (nSPS) is 19.1. The van der Waals surface area contributed by atoms with Crippen molar-refractivity contribution in [2.45, 2.75) is 40.0 Å². The lowest BCUT2D eigenvalue weighted by Gasteiger charge is -2.24. The Labute approximate surface area is 124 Å². The molecule has 2 nitrogen and oxygen atoms in total. The molecule has 1 amide bonds. The molecule has 0 atom stereocenters. The van der Waals surface area contributed by atoms with Gasteiger partial charge in [-0.15, -0.1) is 0 Å². The summed E-state index contributed by atoms with van der Waals surface area (Å²) in [7, 11) is 0. The molecule has 0 bridgehead atoms. The van der Waals surface area contributed by atoms with E-state index >= 15 is 0 Å². The quantitative estimate of drug-likeness (QED) is 0.749. The second-order valence-corrected chi connectivity index (χ2v) is 7.18. The van der Waals surface area contributed by atoms with Crippen molar-refractivity contribution in [3.05, 3.63) is 33.8 Å². The maximum absolute atomic E-state index is 12.6. The van der Waals surface area contributed by atoms with Gasteiger partial charge in [-0.05, 0) is 49.3 Å². The second-order valence-electron chi connectivity index (χ2n) is 6.27. The summed E-state index contributed by atoms with van der Waals surface area (Å²) in [5, 5.41) is 0. The van der Waals surface area contributed by atoms with Crippen molar-refractivity contribution in [3.8, 4) is 0 Å². The minimum atomic E-state index is 0.177. The summed E-state index contributed by atoms with van der Waals surface area (Å²) in [5.74, 6) is 0.177. The van der Waals surface area contributed by atoms with E-state index in [0.29, 0.717) is 5.41 Å². The van der Waals surface area contributed by atoms with E-state index in [2.05, 4.69) is 29.8 Å². The lowest BCUT2D eigenvalue weighted by molar-refractivity contribution is 0.0756. The van der Waals surface area contributed by atoms with Crippen molar-refractivity contribution in [2.75, 3.05) is 13.1 Å². The van der Waals surface area contributed by atoms with Gasteiger partial charge in [-0.1, -0.05) is 35.8 Å². The first kappa shape index (κ1) is 14.6. The molecule has 3 heteroatoms. The summed E-state index contributed by atoms with van der Waals surface area (Å²) in [4.78, 5) is 14.7. The van der Waals surface area contributed by atoms with Crippen molar-refractivity contribution in [3.63, 3.8) is 0 Å². The second kappa shape index (κ2) is 5.66. The number of rotatable bonds is 1. The Morgan fingerprint density at radius 3 is 2.74 bits per heavy atom. The molecule has 1 saturated heterocycles. The summed E-state index contributed by atoms with van der Waals surface area (Å²) in [6.07, 6.45) is 3.39. The van der Waals surface area contributed by atoms with Crippen LogP contribution in [0.25, 0.3) is 0 Å². The van der Waals surface area contributed by atoms with Crippen LogP contribution in [0.2, 0.25) is 0 Å². The Kier molecular flexibility index (Phi) is 4.34. The Morgan fingerprint density at radius 1 is 1.26 bits per heavy atom. The molecule has 2 rings (SSSR count). The van der Waals surface area contributed by atoms with Crippen molar-refractivity contribution < 1.29 is 4.79 Å². The molecule has 1 heterocycles. The van der Waals surface area contributed by atoms with Crippen LogP contribution in [0.4, 0.5) is 0 Å². The van der Waals surface area contributed by atoms with Gasteiger partial charge in [0.2, 0.25) is 0 Å². The molecule has 0 saturated carbocycles. The third-order valence-electron chi connectivity index (χ3n) is 4.06. The molecular weight excluding hydrogens is 302 g/mol. The lowest BCUT2D eigenvalue weighted by Crippen LogP contribution is -2.32. The van der Waals surface area contributed by atoms with Gasteiger partial charge in [0, 0.05) is 23.1 Å². The number of halogens is 1. The fourth-order valence-corrected chi connectivity index (χ4v) is 2.98. The van der Waals surface area contributed by atoms with Crippen molar-refractivity contribution in [1.82, 2.24) is 4.90 Å². The zero-order valence-corrected chi connectivity index (χ0v) is 13.6. The third kappa shape index (κ3) is 3.59. The molecular formula is C16H22BrNO. The van der Waals surface area contributed by atoms with Crippen LogP contribution in [0.5, 0.6) is 0 Å². The third-order valence-corrected chi connectivity index (χ3v) is 4.55. The maximum Gasteiger partial charge on any atom is 0.254 e. The van der Waals surface area contributed by atoms with Gasteiger partial charge >= 0.3 is 0 Å². The number of hydrogen-bond donors (Lipinski definition) is 0. The van der Waals surface area contributed by atoms with Gasteiger partial charge in [0.1, 0.15) is 0 Å². The van der Waals surface area contributed by atoms with Gasteiger partial charge in [-0.2, -0.15) is 0 Å². The SMILES string of the molecule is Cc1ccc(Br)cc1C(=O)N1CCCC(C)(C)CC1. The van der Waals surface area contributed by atoms with Crippen LogP contribution >= 0.6 is 15.9 Å². The van der Waals surface area contributed by atoms with Crippen molar-refractivity contribution >= 4 is 21.8 Å². The van der Waals surface area contributed by atoms with Crippen LogP contribution in [0.15, 0.2) is 22.7 Å². The summed E-state index contributed by atoms with van der Waals surface area (Å²) in [5.41, 5.74) is 2.24. The predicted molar refractivity (Wildman–Crippen MR) is 82.4 cm³/mol. The number of benzene rings is 1. The molecule has 1 aliphatic heterocycles. The molecule has 19 heavy (non-hydrogen) atoms. The highest BCUT2D eigenvalue weighted by atomic mass is 79.9. The monoisotopic (exact) mass is 323 g/mol. The Morgan fingerprint density at radius 2 is 2.00 bits per heavy atom. The van der Waals surface area contributed by atoms with E-state index in [-0.39, 0.29) is 5.91 Å². The van der Waals surface area contributed by atoms with E-state index in [1.807, 2.05) is 30.0 Å². The number of nitrogens with zero attached hydrogens (tertiary/aromatic N) is 1. The maximum atomic E-state index is 12.6. The first-order valence-corrected chi connectivity index (χ1v) is 7.74. The summed E-state index contributed by atoms with van der Waals surface area (Å²) < 4.78 is 0.969. The zero-order chi connectivity index (χ0) is 14.0. The van der Waals surface area contributed by atoms with Crippen LogP contribution in [-0.2, 0) is 0 Å². The first-order valence-electron chi connectivity index (χ1n) is 6.94. The first-order chi connectivity index (χ1) is 8.89. The number of amides is 1. The van der Waals surface area contributed by atoms with Crippen LogP contribution in [0, 0.1) is 12.3 Å². The van der Waals surface area contributed by atoms with Crippen LogP contribution in [-0.4, -0.2) is 23.9 Å². The minimum absolute atomic E-state index is 0.177. The van der Waals surface area contributed by atoms with Gasteiger partial charge in [0.25, 0.3) is 5.91 Å². The van der Waals surface area contributed by atoms with E-state index in [1.165, 1.54) is 6.42 Å². The van der Waals surface area contributed by atoms with Gasteiger partial charge < -0.3 is 4.90 Å². The summed E-state index contributed by atoms with van der Waals surface area (Å²) in [6.45, 7) is 8.35. The van der Waals surface area contributed by atoms with Gasteiger partial charge in [-0.25, -0.2) is 0 Å². The standard InChI is InChI=1S/C16H22BrNO/c1-12-5-6-13(17)11-14(12)15(19)18-9-4-7-16(2,3)8-10-18/h5-6,11H,4,7-10H2,1-3H3. The molecule has 1 aromatic carbocycles. The average molecular weight is 324 g/mol. The number of carbonyl (C=O) groups is 1. The fourth-order valence-electron chi connectivity index (χ4n) is 2.62. The van der Waals surface area contributed by atoms with E-state index in [9.17, 15) is 4.79 Å². The number of hydrogen-bond acceptors (Lipinski definition) is 1. The molecule has 0 unspecified atom stereocenters. The Balaban J connectivity index is 2.17. The molecule has 1 aliphatic rings. The highest BCUT2D eigenvalue weighted by Crippen LogP contribution is 2.30. The van der Waals surface area contributed by atoms with Crippen molar-refractivity contribution in [1.29, 1.82) is 0 Å². The van der Waals surface area contributed by atoms with Crippen LogP contribution in [0.1, 0.15) is 49.0 Å². The highest BCUT2D eigenvalue weighted by molar-refractivity contribution is 9.10. The molecule has 0 radical (unpaired) electrons. The predicted octanol–water partition coefficient (Wildman–Crippen LogP) is 4.41. The zero-order valence-electron chi connectivity index (χ0n) is 12.0. The van der Waals surface area contributed by atoms with Gasteiger partial charge in [0.15, 0.2) is 0 Å². The van der Waals surface area contributed by atoms with E-state index in [0.717, 1.165) is 41.5 Å². The molecule has 104 valence electrons. The van der Waals surface area contributed by atoms with E-state index < -0.39 is 0 Å². The molecule has 0 aliphatic carbocycles. The Hall–Kier alpha value is -0.830. The fraction of sp³-hybridized carbons (Fsp3) is 0.562. The van der Waals surface area contributed by atoms with Gasteiger partial charge in [-0.3, -0.25) is 4.79 Å². The van der Waals surface area contributed by atoms with E-state index in [1.54, 1.807) is 0 Å². The molecule has 0 N–H and O–H groups in total. The lowest BCUT2D eigenvalue weighted by atomic mass is 9.85. The number of likely N-dealkylation sites (tertiary alicyclic amines) is 1. The summed E-state index contributed by atoms with van der Waals surface area (Å²) >= 11 is 3.45. The van der Waals surface area contributed by atoms with Gasteiger partial charge in [0.05, 0.1) is 0 Å². The molecule has 1 aromatic rings. The van der Waals surface area contributed by atoms with Crippen molar-refractivity contribution in [2.24, 2.45) is 5.41 Å². The smallest absolute Gasteiger partial charge is 0.254 e. The van der Waals surface area contributed by atoms with Crippen LogP contribution in [0.3, 0.4) is 0 Å². The number of aryl methyl sites for hydroxylation is 1. The van der Waals surface area contributed by atoms with E-state index in [4.69, 9.17) is 0 Å². The topological polar surface area (TPSA) is 20.3 Å². The molecule has 0 spiro atoms. The average Bonchev–Trinajstić information content (AvgIpc) is 2.52. The minimum Gasteiger partial charge on any atom is -0.339 e. The number of carbonyl (C=O) groups excluding carboxylic acids is 1. The molecule has 1 fully saturated rings. The Bertz CT molecular complexity index is 482. The molecule has 0 aromatic heterocycles. The highest BCUT2D eigenvalue weighted by Gasteiger charge is 2.26. The largest absolute Gasteiger partial charge is 0.339 e. The summed E-state index contributed by atoms with van der Waals surface area (Å²) in [6, 6.07) is 5.92.